The summed E-state index contributed by atoms with van der Waals surface area (Å²) in [6, 6.07) is 0.508. The van der Waals surface area contributed by atoms with Gasteiger partial charge in [-0.15, -0.1) is 0 Å². The molecular weight excluding hydrogens is 286 g/mol. The molecule has 2 aliphatic carbocycles. The van der Waals surface area contributed by atoms with Crippen molar-refractivity contribution in [2.45, 2.75) is 64.5 Å². The molecule has 4 heteroatoms. The highest BCUT2D eigenvalue weighted by atomic mass is 16.5. The first-order valence-corrected chi connectivity index (χ1v) is 9.71. The van der Waals surface area contributed by atoms with Gasteiger partial charge in [-0.2, -0.15) is 0 Å². The number of nitrogens with zero attached hydrogens (tertiary/aromatic N) is 2. The zero-order valence-corrected chi connectivity index (χ0v) is 15.1. The third-order valence-electron chi connectivity index (χ3n) is 7.10. The minimum Gasteiger partial charge on any atom is -0.377 e. The Balaban J connectivity index is 1.43. The number of nitrogens with one attached hydrogen (secondary N) is 1. The third-order valence-corrected chi connectivity index (χ3v) is 7.10. The summed E-state index contributed by atoms with van der Waals surface area (Å²) in [6.45, 7) is 8.08. The number of guanidine groups is 1. The lowest BCUT2D eigenvalue weighted by molar-refractivity contribution is -0.188. The van der Waals surface area contributed by atoms with Gasteiger partial charge in [0.2, 0.25) is 0 Å². The molecule has 0 aromatic rings. The zero-order chi connectivity index (χ0) is 16.0. The van der Waals surface area contributed by atoms with Crippen LogP contribution in [0.1, 0.15) is 52.4 Å². The highest BCUT2D eigenvalue weighted by Crippen LogP contribution is 2.51. The summed E-state index contributed by atoms with van der Waals surface area (Å²) >= 11 is 0. The van der Waals surface area contributed by atoms with Crippen LogP contribution in [0.25, 0.3) is 0 Å². The van der Waals surface area contributed by atoms with Gasteiger partial charge in [0.05, 0.1) is 6.10 Å². The van der Waals surface area contributed by atoms with Gasteiger partial charge in [0.15, 0.2) is 5.96 Å². The van der Waals surface area contributed by atoms with Crippen LogP contribution in [0.3, 0.4) is 0 Å². The lowest BCUT2D eigenvalue weighted by Gasteiger charge is -2.60. The van der Waals surface area contributed by atoms with Crippen LogP contribution >= 0.6 is 0 Å². The van der Waals surface area contributed by atoms with Crippen molar-refractivity contribution in [1.29, 1.82) is 0 Å². The van der Waals surface area contributed by atoms with Gasteiger partial charge in [-0.1, -0.05) is 26.7 Å². The zero-order valence-electron chi connectivity index (χ0n) is 15.1. The second kappa shape index (κ2) is 5.94. The summed E-state index contributed by atoms with van der Waals surface area (Å²) in [6.07, 6.45) is 8.65. The summed E-state index contributed by atoms with van der Waals surface area (Å²) in [5, 5.41) is 3.84. The lowest BCUT2D eigenvalue weighted by atomic mass is 9.55. The van der Waals surface area contributed by atoms with Crippen LogP contribution < -0.4 is 5.32 Å². The van der Waals surface area contributed by atoms with E-state index in [0.717, 1.165) is 24.4 Å². The van der Waals surface area contributed by atoms with Crippen LogP contribution in [0.5, 0.6) is 0 Å². The van der Waals surface area contributed by atoms with Crippen molar-refractivity contribution in [3.05, 3.63) is 0 Å². The average molecular weight is 319 g/mol. The first-order chi connectivity index (χ1) is 11.1. The summed E-state index contributed by atoms with van der Waals surface area (Å²) in [4.78, 5) is 7.18. The Morgan fingerprint density at radius 1 is 1.09 bits per heavy atom. The van der Waals surface area contributed by atoms with E-state index in [-0.39, 0.29) is 5.41 Å². The van der Waals surface area contributed by atoms with Crippen molar-refractivity contribution in [1.82, 2.24) is 10.2 Å². The van der Waals surface area contributed by atoms with Crippen molar-refractivity contribution in [3.63, 3.8) is 0 Å². The average Bonchev–Trinajstić information content (AvgIpc) is 2.99. The first kappa shape index (κ1) is 15.7. The number of likely N-dealkylation sites (tertiary alicyclic amines) is 1. The van der Waals surface area contributed by atoms with Gasteiger partial charge in [-0.25, -0.2) is 0 Å². The Bertz CT molecular complexity index is 461. The summed E-state index contributed by atoms with van der Waals surface area (Å²) in [5.41, 5.74) is 0.216. The number of fused-ring (bicyclic) bond motifs is 2. The van der Waals surface area contributed by atoms with Crippen molar-refractivity contribution in [2.24, 2.45) is 28.2 Å². The van der Waals surface area contributed by atoms with E-state index in [1.807, 2.05) is 7.05 Å². The van der Waals surface area contributed by atoms with Crippen LogP contribution in [0.2, 0.25) is 0 Å². The number of aliphatic imine (C=N–C) groups is 1. The van der Waals surface area contributed by atoms with Gasteiger partial charge in [0.1, 0.15) is 0 Å². The number of rotatable bonds is 1. The molecule has 1 N–H and O–H groups in total. The Morgan fingerprint density at radius 3 is 2.43 bits per heavy atom. The third kappa shape index (κ3) is 2.57. The van der Waals surface area contributed by atoms with E-state index < -0.39 is 0 Å². The van der Waals surface area contributed by atoms with E-state index in [0.29, 0.717) is 18.1 Å². The molecule has 0 aromatic carbocycles. The second-order valence-corrected chi connectivity index (χ2v) is 8.80. The molecule has 0 spiro atoms. The Kier molecular flexibility index (Phi) is 4.07. The largest absolute Gasteiger partial charge is 0.377 e. The normalized spacial score (nSPS) is 42.7. The number of ether oxygens (including phenoxy) is 1. The molecule has 0 bridgehead atoms. The standard InChI is InChI=1S/C19H33N3O/c1-19(2)16(15-9-6-10-23-17(15)19)21-18(20-3)22-11-13-7-4-5-8-14(13)12-22/h13-17H,4-12H2,1-3H3,(H,20,21). The van der Waals surface area contributed by atoms with E-state index in [2.05, 4.69) is 29.1 Å². The smallest absolute Gasteiger partial charge is 0.193 e. The van der Waals surface area contributed by atoms with E-state index >= 15 is 0 Å². The predicted octanol–water partition coefficient (Wildman–Crippen LogP) is 2.89. The van der Waals surface area contributed by atoms with Crippen LogP contribution in [0.15, 0.2) is 4.99 Å². The number of hydrogen-bond donors (Lipinski definition) is 1. The van der Waals surface area contributed by atoms with Gasteiger partial charge in [-0.3, -0.25) is 4.99 Å². The van der Waals surface area contributed by atoms with E-state index in [1.54, 1.807) is 0 Å². The molecule has 2 heterocycles. The molecule has 0 aromatic heterocycles. The Labute approximate surface area is 141 Å². The monoisotopic (exact) mass is 319 g/mol. The van der Waals surface area contributed by atoms with Crippen LogP contribution in [0.4, 0.5) is 0 Å². The fraction of sp³-hybridized carbons (Fsp3) is 0.947. The first-order valence-electron chi connectivity index (χ1n) is 9.71. The molecule has 4 fully saturated rings. The Hall–Kier alpha value is -0.770. The Morgan fingerprint density at radius 2 is 1.78 bits per heavy atom. The molecule has 2 saturated carbocycles. The van der Waals surface area contributed by atoms with Gasteiger partial charge >= 0.3 is 0 Å². The molecule has 5 unspecified atom stereocenters. The number of hydrogen-bond acceptors (Lipinski definition) is 2. The molecule has 23 heavy (non-hydrogen) atoms. The fourth-order valence-corrected chi connectivity index (χ4v) is 5.83. The fourth-order valence-electron chi connectivity index (χ4n) is 5.83. The highest BCUT2D eigenvalue weighted by molar-refractivity contribution is 5.81. The van der Waals surface area contributed by atoms with Crippen molar-refractivity contribution < 1.29 is 4.74 Å². The summed E-state index contributed by atoms with van der Waals surface area (Å²) < 4.78 is 6.05. The highest BCUT2D eigenvalue weighted by Gasteiger charge is 2.58. The molecule has 5 atom stereocenters. The molecule has 2 saturated heterocycles. The van der Waals surface area contributed by atoms with Crippen LogP contribution in [0, 0.1) is 23.2 Å². The maximum Gasteiger partial charge on any atom is 0.193 e. The van der Waals surface area contributed by atoms with Gasteiger partial charge in [0, 0.05) is 44.1 Å². The lowest BCUT2D eigenvalue weighted by Crippen LogP contribution is -2.71. The minimum atomic E-state index is 0.216. The van der Waals surface area contributed by atoms with E-state index in [4.69, 9.17) is 4.74 Å². The molecule has 0 amide bonds. The minimum absolute atomic E-state index is 0.216. The van der Waals surface area contributed by atoms with Crippen molar-refractivity contribution in [2.75, 3.05) is 26.7 Å². The topological polar surface area (TPSA) is 36.9 Å². The van der Waals surface area contributed by atoms with E-state index in [1.165, 1.54) is 51.6 Å². The second-order valence-electron chi connectivity index (χ2n) is 8.80. The predicted molar refractivity (Wildman–Crippen MR) is 93.5 cm³/mol. The van der Waals surface area contributed by atoms with E-state index in [9.17, 15) is 0 Å². The van der Waals surface area contributed by atoms with Crippen molar-refractivity contribution >= 4 is 5.96 Å². The van der Waals surface area contributed by atoms with Crippen LogP contribution in [-0.4, -0.2) is 49.7 Å². The van der Waals surface area contributed by atoms with Crippen LogP contribution in [-0.2, 0) is 4.74 Å². The molecule has 2 aliphatic heterocycles. The molecule has 4 rings (SSSR count). The van der Waals surface area contributed by atoms with Gasteiger partial charge < -0.3 is 15.0 Å². The molecule has 0 radical (unpaired) electrons. The van der Waals surface area contributed by atoms with Crippen molar-refractivity contribution in [3.8, 4) is 0 Å². The summed E-state index contributed by atoms with van der Waals surface area (Å²) in [5.74, 6) is 3.62. The maximum absolute atomic E-state index is 6.05. The molecule has 130 valence electrons. The molecular formula is C19H33N3O. The maximum atomic E-state index is 6.05. The molecule has 4 aliphatic rings. The molecule has 4 nitrogen and oxygen atoms in total. The summed E-state index contributed by atoms with van der Waals surface area (Å²) in [7, 11) is 1.95. The van der Waals surface area contributed by atoms with Gasteiger partial charge in [-0.05, 0) is 37.5 Å². The van der Waals surface area contributed by atoms with Gasteiger partial charge in [0.25, 0.3) is 0 Å². The SMILES string of the molecule is CN=C(NC1C2CCCOC2C1(C)C)N1CC2CCCCC2C1. The quantitative estimate of drug-likeness (QED) is 0.596.